The van der Waals surface area contributed by atoms with Crippen molar-refractivity contribution in [3.8, 4) is 11.5 Å². The van der Waals surface area contributed by atoms with Crippen LogP contribution in [-0.2, 0) is 20.2 Å². The Kier molecular flexibility index (Phi) is 7.38. The van der Waals surface area contributed by atoms with Crippen molar-refractivity contribution < 1.29 is 45.6 Å². The van der Waals surface area contributed by atoms with Crippen molar-refractivity contribution in [2.24, 2.45) is 0 Å². The van der Waals surface area contributed by atoms with Crippen molar-refractivity contribution in [2.75, 3.05) is 24.7 Å². The second kappa shape index (κ2) is 8.60. The first-order chi connectivity index (χ1) is 10.9. The lowest BCUT2D eigenvalue weighted by molar-refractivity contribution is 0.121. The molecule has 138 valence electrons. The summed E-state index contributed by atoms with van der Waals surface area (Å²) in [5.41, 5.74) is 0. The average Bonchev–Trinajstić information content (AvgIpc) is 2.40. The largest absolute Gasteiger partial charge is 0.748 e. The molecule has 0 bridgehead atoms. The molecule has 2 N–H and O–H groups in total. The Bertz CT molecular complexity index is 648. The van der Waals surface area contributed by atoms with E-state index in [-0.39, 0.29) is 11.5 Å². The summed E-state index contributed by atoms with van der Waals surface area (Å²) >= 11 is 0. The third-order valence-electron chi connectivity index (χ3n) is 2.50. The molecule has 1 rings (SSSR count). The Labute approximate surface area is 139 Å². The SMILES string of the molecule is O=S(=O)([O-])CC(O)COc1ccc(OCC(O)CS(=O)(=O)[O-])cc1. The van der Waals surface area contributed by atoms with E-state index in [0.717, 1.165) is 0 Å². The van der Waals surface area contributed by atoms with Gasteiger partial charge in [-0.1, -0.05) is 0 Å². The molecule has 0 aromatic heterocycles. The Morgan fingerprint density at radius 1 is 0.792 bits per heavy atom. The molecular weight excluding hydrogens is 368 g/mol. The van der Waals surface area contributed by atoms with Crippen LogP contribution < -0.4 is 9.47 Å². The van der Waals surface area contributed by atoms with E-state index in [1.54, 1.807) is 0 Å². The first-order valence-electron chi connectivity index (χ1n) is 6.53. The lowest BCUT2D eigenvalue weighted by atomic mass is 10.3. The zero-order valence-electron chi connectivity index (χ0n) is 12.3. The quantitative estimate of drug-likeness (QED) is 0.440. The third kappa shape index (κ3) is 9.64. The van der Waals surface area contributed by atoms with E-state index < -0.39 is 57.2 Å². The number of hydrogen-bond donors (Lipinski definition) is 2. The van der Waals surface area contributed by atoms with Crippen molar-refractivity contribution in [2.45, 2.75) is 12.2 Å². The molecule has 0 radical (unpaired) electrons. The van der Waals surface area contributed by atoms with Gasteiger partial charge < -0.3 is 28.8 Å². The molecule has 10 nitrogen and oxygen atoms in total. The van der Waals surface area contributed by atoms with Crippen LogP contribution >= 0.6 is 0 Å². The van der Waals surface area contributed by atoms with Gasteiger partial charge >= 0.3 is 0 Å². The number of ether oxygens (including phenoxy) is 2. The van der Waals surface area contributed by atoms with Crippen LogP contribution in [0.2, 0.25) is 0 Å². The highest BCUT2D eigenvalue weighted by atomic mass is 32.2. The highest BCUT2D eigenvalue weighted by Crippen LogP contribution is 2.18. The topological polar surface area (TPSA) is 173 Å². The Hall–Kier alpha value is -1.44. The van der Waals surface area contributed by atoms with E-state index in [4.69, 9.17) is 9.47 Å². The normalized spacial score (nSPS) is 14.8. The summed E-state index contributed by atoms with van der Waals surface area (Å²) in [7, 11) is -9.10. The molecule has 12 heteroatoms. The first kappa shape index (κ1) is 20.6. The first-order valence-corrected chi connectivity index (χ1v) is 9.69. The van der Waals surface area contributed by atoms with Gasteiger partial charge in [-0.3, -0.25) is 0 Å². The number of benzene rings is 1. The summed E-state index contributed by atoms with van der Waals surface area (Å²) in [5, 5.41) is 18.6. The molecule has 0 amide bonds. The van der Waals surface area contributed by atoms with Crippen molar-refractivity contribution in [3.05, 3.63) is 24.3 Å². The van der Waals surface area contributed by atoms with Crippen molar-refractivity contribution in [1.29, 1.82) is 0 Å². The van der Waals surface area contributed by atoms with Crippen molar-refractivity contribution >= 4 is 20.2 Å². The highest BCUT2D eigenvalue weighted by molar-refractivity contribution is 7.85. The van der Waals surface area contributed by atoms with Gasteiger partial charge in [-0.15, -0.1) is 0 Å². The van der Waals surface area contributed by atoms with E-state index in [0.29, 0.717) is 0 Å². The smallest absolute Gasteiger partial charge is 0.119 e. The molecule has 0 aliphatic rings. The minimum atomic E-state index is -4.55. The van der Waals surface area contributed by atoms with Gasteiger partial charge in [0.25, 0.3) is 0 Å². The van der Waals surface area contributed by atoms with Gasteiger partial charge in [-0.25, -0.2) is 16.8 Å². The number of rotatable bonds is 10. The van der Waals surface area contributed by atoms with Crippen LogP contribution in [0.4, 0.5) is 0 Å². The van der Waals surface area contributed by atoms with Crippen LogP contribution in [0.15, 0.2) is 24.3 Å². The predicted molar refractivity (Wildman–Crippen MR) is 78.6 cm³/mol. The predicted octanol–water partition coefficient (Wildman–Crippen LogP) is -1.74. The summed E-state index contributed by atoms with van der Waals surface area (Å²) in [6.07, 6.45) is -2.93. The molecule has 0 spiro atoms. The molecule has 2 atom stereocenters. The van der Waals surface area contributed by atoms with Crippen LogP contribution in [0, 0.1) is 0 Å². The average molecular weight is 384 g/mol. The Balaban J connectivity index is 2.43. The molecule has 1 aromatic rings. The standard InChI is InChI=1S/C12H18O10S2/c13-9(7-23(15,16)17)5-21-11-1-2-12(4-3-11)22-6-10(14)8-24(18,19)20/h1-4,9-10,13-14H,5-8H2,(H,15,16,17)(H,18,19,20)/p-2. The van der Waals surface area contributed by atoms with Crippen LogP contribution in [0.25, 0.3) is 0 Å². The van der Waals surface area contributed by atoms with Gasteiger partial charge in [0, 0.05) is 0 Å². The van der Waals surface area contributed by atoms with E-state index in [9.17, 15) is 36.2 Å². The van der Waals surface area contributed by atoms with Gasteiger partial charge in [0.2, 0.25) is 0 Å². The fraction of sp³-hybridized carbons (Fsp3) is 0.500. The van der Waals surface area contributed by atoms with E-state index in [2.05, 4.69) is 0 Å². The lowest BCUT2D eigenvalue weighted by Crippen LogP contribution is -2.27. The van der Waals surface area contributed by atoms with Gasteiger partial charge in [0.05, 0.1) is 31.7 Å². The molecule has 2 unspecified atom stereocenters. The molecule has 24 heavy (non-hydrogen) atoms. The number of aliphatic hydroxyl groups excluding tert-OH is 2. The summed E-state index contributed by atoms with van der Waals surface area (Å²) in [5.74, 6) is -1.41. The molecular formula is C12H16O10S2-2. The molecule has 0 saturated heterocycles. The van der Waals surface area contributed by atoms with E-state index in [1.807, 2.05) is 0 Å². The van der Waals surface area contributed by atoms with Gasteiger partial charge in [-0.05, 0) is 24.3 Å². The Morgan fingerprint density at radius 3 is 1.33 bits per heavy atom. The summed E-state index contributed by atoms with van der Waals surface area (Å²) in [6, 6.07) is 5.63. The fourth-order valence-corrected chi connectivity index (χ4v) is 2.72. The Morgan fingerprint density at radius 2 is 1.08 bits per heavy atom. The molecule has 1 aromatic carbocycles. The van der Waals surface area contributed by atoms with Gasteiger partial charge in [-0.2, -0.15) is 0 Å². The van der Waals surface area contributed by atoms with Gasteiger partial charge in [0.15, 0.2) is 0 Å². The second-order valence-corrected chi connectivity index (χ2v) is 7.75. The van der Waals surface area contributed by atoms with Crippen molar-refractivity contribution in [3.63, 3.8) is 0 Å². The van der Waals surface area contributed by atoms with Crippen LogP contribution in [-0.4, -0.2) is 73.1 Å². The van der Waals surface area contributed by atoms with Crippen LogP contribution in [0.3, 0.4) is 0 Å². The van der Waals surface area contributed by atoms with Gasteiger partial charge in [0.1, 0.15) is 36.9 Å². The zero-order valence-corrected chi connectivity index (χ0v) is 13.9. The monoisotopic (exact) mass is 384 g/mol. The number of hydrogen-bond acceptors (Lipinski definition) is 10. The molecule has 0 heterocycles. The third-order valence-corrected chi connectivity index (χ3v) is 4.09. The van der Waals surface area contributed by atoms with Crippen LogP contribution in [0.1, 0.15) is 0 Å². The lowest BCUT2D eigenvalue weighted by Gasteiger charge is -2.15. The van der Waals surface area contributed by atoms with Crippen LogP contribution in [0.5, 0.6) is 11.5 Å². The molecule has 0 aliphatic carbocycles. The maximum Gasteiger partial charge on any atom is 0.119 e. The van der Waals surface area contributed by atoms with E-state index >= 15 is 0 Å². The minimum Gasteiger partial charge on any atom is -0.748 e. The summed E-state index contributed by atoms with van der Waals surface area (Å²) in [4.78, 5) is 0. The fourth-order valence-electron chi connectivity index (χ4n) is 1.58. The molecule has 0 saturated carbocycles. The number of aliphatic hydroxyl groups is 2. The highest BCUT2D eigenvalue weighted by Gasteiger charge is 2.11. The minimum absolute atomic E-state index is 0.257. The zero-order chi connectivity index (χ0) is 18.4. The molecule has 0 fully saturated rings. The molecule has 0 aliphatic heterocycles. The van der Waals surface area contributed by atoms with E-state index in [1.165, 1.54) is 24.3 Å². The van der Waals surface area contributed by atoms with Crippen molar-refractivity contribution in [1.82, 2.24) is 0 Å². The maximum absolute atomic E-state index is 10.4. The second-order valence-electron chi connectivity index (χ2n) is 4.85. The maximum atomic E-state index is 10.4. The summed E-state index contributed by atoms with van der Waals surface area (Å²) in [6.45, 7) is -0.802. The summed E-state index contributed by atoms with van der Waals surface area (Å²) < 4.78 is 72.8.